The molecule has 4 nitrogen and oxygen atoms in total. The van der Waals surface area contributed by atoms with Crippen LogP contribution in [0.25, 0.3) is 0 Å². The van der Waals surface area contributed by atoms with E-state index >= 15 is 0 Å². The number of rotatable bonds is 3. The first-order chi connectivity index (χ1) is 10.7. The molecular weight excluding hydrogens is 274 g/mol. The summed E-state index contributed by atoms with van der Waals surface area (Å²) in [6.45, 7) is 5.58. The lowest BCUT2D eigenvalue weighted by atomic mass is 9.78. The van der Waals surface area contributed by atoms with Gasteiger partial charge >= 0.3 is 0 Å². The van der Waals surface area contributed by atoms with Gasteiger partial charge in [-0.15, -0.1) is 0 Å². The number of hydrogen-bond acceptors (Lipinski definition) is 3. The van der Waals surface area contributed by atoms with Gasteiger partial charge in [0, 0.05) is 25.2 Å². The minimum atomic E-state index is 0.365. The maximum absolute atomic E-state index is 12.9. The Morgan fingerprint density at radius 3 is 2.59 bits per heavy atom. The SMILES string of the molecule is CC1CCCN(CC(=O)N2CCCC3CCCCC32)C1CN. The van der Waals surface area contributed by atoms with E-state index in [0.29, 0.717) is 37.0 Å². The number of carbonyl (C=O) groups excluding carboxylic acids is 1. The maximum atomic E-state index is 12.9. The molecule has 4 atom stereocenters. The Morgan fingerprint density at radius 2 is 1.77 bits per heavy atom. The lowest BCUT2D eigenvalue weighted by Gasteiger charge is -2.46. The van der Waals surface area contributed by atoms with E-state index in [1.165, 1.54) is 51.4 Å². The van der Waals surface area contributed by atoms with Gasteiger partial charge in [-0.25, -0.2) is 0 Å². The van der Waals surface area contributed by atoms with Gasteiger partial charge in [-0.05, 0) is 56.9 Å². The third-order valence-corrected chi connectivity index (χ3v) is 6.37. The summed E-state index contributed by atoms with van der Waals surface area (Å²) in [4.78, 5) is 17.5. The fourth-order valence-corrected chi connectivity index (χ4v) is 5.11. The average Bonchev–Trinajstić information content (AvgIpc) is 2.54. The van der Waals surface area contributed by atoms with E-state index in [9.17, 15) is 4.79 Å². The summed E-state index contributed by atoms with van der Waals surface area (Å²) < 4.78 is 0. The Labute approximate surface area is 135 Å². The molecule has 2 aliphatic heterocycles. The highest BCUT2D eigenvalue weighted by atomic mass is 16.2. The smallest absolute Gasteiger partial charge is 0.237 e. The summed E-state index contributed by atoms with van der Waals surface area (Å²) in [5.41, 5.74) is 5.98. The van der Waals surface area contributed by atoms with Gasteiger partial charge in [-0.1, -0.05) is 19.8 Å². The molecule has 0 radical (unpaired) electrons. The van der Waals surface area contributed by atoms with E-state index in [1.807, 2.05) is 0 Å². The molecule has 1 saturated carbocycles. The van der Waals surface area contributed by atoms with Crippen LogP contribution in [0.4, 0.5) is 0 Å². The minimum Gasteiger partial charge on any atom is -0.338 e. The van der Waals surface area contributed by atoms with Crippen LogP contribution in [0.1, 0.15) is 58.3 Å². The molecule has 2 N–H and O–H groups in total. The molecule has 0 bridgehead atoms. The number of nitrogens with zero attached hydrogens (tertiary/aromatic N) is 2. The summed E-state index contributed by atoms with van der Waals surface area (Å²) in [6.07, 6.45) is 10.2. The topological polar surface area (TPSA) is 49.6 Å². The molecule has 4 heteroatoms. The van der Waals surface area contributed by atoms with Crippen LogP contribution >= 0.6 is 0 Å². The van der Waals surface area contributed by atoms with Crippen LogP contribution < -0.4 is 5.73 Å². The van der Waals surface area contributed by atoms with E-state index in [1.54, 1.807) is 0 Å². The monoisotopic (exact) mass is 307 g/mol. The quantitative estimate of drug-likeness (QED) is 0.870. The van der Waals surface area contributed by atoms with Crippen molar-refractivity contribution in [2.24, 2.45) is 17.6 Å². The first kappa shape index (κ1) is 16.3. The Hall–Kier alpha value is -0.610. The molecule has 3 fully saturated rings. The fraction of sp³-hybridized carbons (Fsp3) is 0.944. The zero-order valence-corrected chi connectivity index (χ0v) is 14.2. The molecule has 22 heavy (non-hydrogen) atoms. The number of nitrogens with two attached hydrogens (primary N) is 1. The third-order valence-electron chi connectivity index (χ3n) is 6.37. The van der Waals surface area contributed by atoms with Crippen LogP contribution in [0.5, 0.6) is 0 Å². The zero-order chi connectivity index (χ0) is 15.5. The van der Waals surface area contributed by atoms with Crippen molar-refractivity contribution in [1.29, 1.82) is 0 Å². The Kier molecular flexibility index (Phi) is 5.40. The Morgan fingerprint density at radius 1 is 1.05 bits per heavy atom. The predicted molar refractivity (Wildman–Crippen MR) is 89.5 cm³/mol. The van der Waals surface area contributed by atoms with Crippen molar-refractivity contribution in [3.8, 4) is 0 Å². The van der Waals surface area contributed by atoms with E-state index < -0.39 is 0 Å². The van der Waals surface area contributed by atoms with Crippen molar-refractivity contribution < 1.29 is 4.79 Å². The second kappa shape index (κ2) is 7.31. The average molecular weight is 307 g/mol. The highest BCUT2D eigenvalue weighted by Crippen LogP contribution is 2.35. The van der Waals surface area contributed by atoms with Crippen molar-refractivity contribution in [3.63, 3.8) is 0 Å². The number of carbonyl (C=O) groups is 1. The molecule has 0 spiro atoms. The first-order valence-corrected chi connectivity index (χ1v) is 9.44. The number of amides is 1. The number of fused-ring (bicyclic) bond motifs is 1. The van der Waals surface area contributed by atoms with Gasteiger partial charge in [0.25, 0.3) is 0 Å². The standard InChI is InChI=1S/C18H33N3O/c1-14-6-4-10-20(17(14)12-19)13-18(22)21-11-5-8-15-7-2-3-9-16(15)21/h14-17H,2-13,19H2,1H3. The zero-order valence-electron chi connectivity index (χ0n) is 14.2. The summed E-state index contributed by atoms with van der Waals surface area (Å²) in [6, 6.07) is 0.929. The van der Waals surface area contributed by atoms with Crippen LogP contribution in [-0.2, 0) is 4.79 Å². The van der Waals surface area contributed by atoms with Gasteiger partial charge < -0.3 is 10.6 Å². The van der Waals surface area contributed by atoms with Crippen LogP contribution in [0, 0.1) is 11.8 Å². The summed E-state index contributed by atoms with van der Waals surface area (Å²) in [5, 5.41) is 0. The molecule has 0 aromatic heterocycles. The summed E-state index contributed by atoms with van der Waals surface area (Å²) in [7, 11) is 0. The fourth-order valence-electron chi connectivity index (χ4n) is 5.11. The van der Waals surface area contributed by atoms with Crippen molar-refractivity contribution in [2.75, 3.05) is 26.2 Å². The molecule has 2 saturated heterocycles. The Bertz CT molecular complexity index is 385. The van der Waals surface area contributed by atoms with Gasteiger partial charge in [0.05, 0.1) is 6.54 Å². The van der Waals surface area contributed by atoms with Gasteiger partial charge in [0.2, 0.25) is 5.91 Å². The van der Waals surface area contributed by atoms with E-state index in [4.69, 9.17) is 5.73 Å². The molecule has 4 unspecified atom stereocenters. The molecule has 0 aromatic rings. The van der Waals surface area contributed by atoms with E-state index in [-0.39, 0.29) is 0 Å². The van der Waals surface area contributed by atoms with Gasteiger partial charge in [0.1, 0.15) is 0 Å². The molecule has 126 valence electrons. The number of piperidine rings is 2. The molecular formula is C18H33N3O. The first-order valence-electron chi connectivity index (χ1n) is 9.44. The Balaban J connectivity index is 1.62. The molecule has 1 amide bonds. The highest BCUT2D eigenvalue weighted by Gasteiger charge is 2.37. The van der Waals surface area contributed by atoms with Crippen molar-refractivity contribution in [3.05, 3.63) is 0 Å². The molecule has 3 rings (SSSR count). The molecule has 1 aliphatic carbocycles. The molecule has 2 heterocycles. The largest absolute Gasteiger partial charge is 0.338 e. The van der Waals surface area contributed by atoms with Crippen LogP contribution in [0.3, 0.4) is 0 Å². The van der Waals surface area contributed by atoms with Crippen LogP contribution in [0.2, 0.25) is 0 Å². The van der Waals surface area contributed by atoms with Crippen molar-refractivity contribution in [1.82, 2.24) is 9.80 Å². The van der Waals surface area contributed by atoms with Gasteiger partial charge in [0.15, 0.2) is 0 Å². The summed E-state index contributed by atoms with van der Waals surface area (Å²) in [5.74, 6) is 1.76. The number of likely N-dealkylation sites (tertiary alicyclic amines) is 2. The second-order valence-electron chi connectivity index (χ2n) is 7.73. The maximum Gasteiger partial charge on any atom is 0.237 e. The van der Waals surface area contributed by atoms with Gasteiger partial charge in [-0.2, -0.15) is 0 Å². The van der Waals surface area contributed by atoms with E-state index in [2.05, 4.69) is 16.7 Å². The highest BCUT2D eigenvalue weighted by molar-refractivity contribution is 5.78. The van der Waals surface area contributed by atoms with Gasteiger partial charge in [-0.3, -0.25) is 9.69 Å². The second-order valence-corrected chi connectivity index (χ2v) is 7.73. The number of hydrogen-bond donors (Lipinski definition) is 1. The third kappa shape index (κ3) is 3.33. The predicted octanol–water partition coefficient (Wildman–Crippen LogP) is 2.23. The molecule has 0 aromatic carbocycles. The lowest BCUT2D eigenvalue weighted by Crippen LogP contribution is -2.56. The lowest BCUT2D eigenvalue weighted by molar-refractivity contribution is -0.140. The van der Waals surface area contributed by atoms with Crippen molar-refractivity contribution in [2.45, 2.75) is 70.4 Å². The van der Waals surface area contributed by atoms with Crippen molar-refractivity contribution >= 4 is 5.91 Å². The minimum absolute atomic E-state index is 0.365. The summed E-state index contributed by atoms with van der Waals surface area (Å²) >= 11 is 0. The normalized spacial score (nSPS) is 36.9. The van der Waals surface area contributed by atoms with Crippen LogP contribution in [-0.4, -0.2) is 54.0 Å². The van der Waals surface area contributed by atoms with E-state index in [0.717, 1.165) is 19.0 Å². The van der Waals surface area contributed by atoms with Crippen LogP contribution in [0.15, 0.2) is 0 Å². The molecule has 3 aliphatic rings.